The normalized spacial score (nSPS) is 21.6. The van der Waals surface area contributed by atoms with Crippen LogP contribution >= 0.6 is 0 Å². The van der Waals surface area contributed by atoms with Crippen molar-refractivity contribution in [2.45, 2.75) is 28.4 Å². The molecule has 0 saturated carbocycles. The molecule has 1 atom stereocenters. The number of alkyl halides is 7. The predicted octanol–water partition coefficient (Wildman–Crippen LogP) is 4.56. The highest BCUT2D eigenvalue weighted by Crippen LogP contribution is 2.62. The van der Waals surface area contributed by atoms with E-state index in [4.69, 9.17) is 10.00 Å². The number of ether oxygens (including phenoxy) is 1. The molecule has 1 unspecified atom stereocenters. The fraction of sp³-hybridized carbons (Fsp3) is 0.235. The summed E-state index contributed by atoms with van der Waals surface area (Å²) in [5.74, 6) is -3.05. The van der Waals surface area contributed by atoms with Gasteiger partial charge in [0, 0.05) is 11.6 Å². The molecule has 0 radical (unpaired) electrons. The van der Waals surface area contributed by atoms with Gasteiger partial charge >= 0.3 is 11.4 Å². The summed E-state index contributed by atoms with van der Waals surface area (Å²) in [4.78, 5) is -1.86. The second kappa shape index (κ2) is 6.79. The van der Waals surface area contributed by atoms with E-state index in [0.29, 0.717) is 18.2 Å². The highest BCUT2D eigenvalue weighted by Gasteiger charge is 2.81. The van der Waals surface area contributed by atoms with Crippen LogP contribution in [0.4, 0.5) is 35.1 Å². The molecule has 31 heavy (non-hydrogen) atoms. The standard InChI is InChI=1S/C17H7F8NO4S/c18-8-3-7(6-26)4-9(5-8)30-10-1-2-11-13(12(10)14(19)20)15(27,16(21,22)23)17(24,25)31(11,28)29/h1-5,14,27H. The average molecular weight is 473 g/mol. The summed E-state index contributed by atoms with van der Waals surface area (Å²) in [5, 5.41) is 12.7. The number of benzene rings is 2. The lowest BCUT2D eigenvalue weighted by molar-refractivity contribution is -0.315. The molecular weight excluding hydrogens is 466 g/mol. The van der Waals surface area contributed by atoms with Crippen molar-refractivity contribution in [1.29, 1.82) is 5.26 Å². The Hall–Kier alpha value is -2.92. The number of fused-ring (bicyclic) bond motifs is 1. The third kappa shape index (κ3) is 3.02. The lowest BCUT2D eigenvalue weighted by atomic mass is 9.88. The number of rotatable bonds is 3. The number of hydrogen-bond donors (Lipinski definition) is 1. The van der Waals surface area contributed by atoms with Gasteiger partial charge in [-0.2, -0.15) is 27.2 Å². The third-order valence-corrected chi connectivity index (χ3v) is 6.32. The predicted molar refractivity (Wildman–Crippen MR) is 84.7 cm³/mol. The summed E-state index contributed by atoms with van der Waals surface area (Å²) in [6.07, 6.45) is -10.4. The largest absolute Gasteiger partial charge is 0.457 e. The van der Waals surface area contributed by atoms with Gasteiger partial charge in [-0.3, -0.25) is 0 Å². The highest BCUT2D eigenvalue weighted by molar-refractivity contribution is 7.93. The lowest BCUT2D eigenvalue weighted by Gasteiger charge is -2.32. The van der Waals surface area contributed by atoms with Crippen molar-refractivity contribution in [2.24, 2.45) is 0 Å². The Morgan fingerprint density at radius 1 is 1.13 bits per heavy atom. The number of sulfone groups is 1. The molecule has 2 aromatic carbocycles. The summed E-state index contributed by atoms with van der Waals surface area (Å²) in [5.41, 5.74) is -10.2. The number of hydrogen-bond acceptors (Lipinski definition) is 5. The third-order valence-electron chi connectivity index (χ3n) is 4.43. The van der Waals surface area contributed by atoms with E-state index >= 15 is 0 Å². The van der Waals surface area contributed by atoms with Gasteiger partial charge in [-0.25, -0.2) is 21.6 Å². The minimum Gasteiger partial charge on any atom is -0.457 e. The fourth-order valence-corrected chi connectivity index (χ4v) is 4.74. The van der Waals surface area contributed by atoms with Gasteiger partial charge in [-0.1, -0.05) is 0 Å². The Morgan fingerprint density at radius 3 is 2.26 bits per heavy atom. The van der Waals surface area contributed by atoms with Gasteiger partial charge in [-0.15, -0.1) is 0 Å². The van der Waals surface area contributed by atoms with Crippen molar-refractivity contribution < 1.29 is 53.4 Å². The average Bonchev–Trinajstić information content (AvgIpc) is 2.76. The minimum atomic E-state index is -6.40. The van der Waals surface area contributed by atoms with Crippen LogP contribution in [0.3, 0.4) is 0 Å². The van der Waals surface area contributed by atoms with Gasteiger partial charge in [0.1, 0.15) is 17.3 Å². The van der Waals surface area contributed by atoms with Gasteiger partial charge in [0.2, 0.25) is 9.84 Å². The molecule has 5 nitrogen and oxygen atoms in total. The Bertz CT molecular complexity index is 1220. The van der Waals surface area contributed by atoms with Crippen LogP contribution in [0.5, 0.6) is 11.5 Å². The maximum Gasteiger partial charge on any atom is 0.428 e. The molecule has 0 spiro atoms. The molecule has 0 saturated heterocycles. The van der Waals surface area contributed by atoms with E-state index in [9.17, 15) is 48.6 Å². The Morgan fingerprint density at radius 2 is 1.74 bits per heavy atom. The van der Waals surface area contributed by atoms with Gasteiger partial charge < -0.3 is 9.84 Å². The van der Waals surface area contributed by atoms with Crippen LogP contribution in [0.1, 0.15) is 23.1 Å². The van der Waals surface area contributed by atoms with Gasteiger partial charge in [0.25, 0.3) is 12.0 Å². The summed E-state index contributed by atoms with van der Waals surface area (Å²) in [7, 11) is -6.23. The van der Waals surface area contributed by atoms with Crippen molar-refractivity contribution >= 4 is 9.84 Å². The van der Waals surface area contributed by atoms with Crippen molar-refractivity contribution in [3.8, 4) is 17.6 Å². The Balaban J connectivity index is 2.36. The second-order valence-corrected chi connectivity index (χ2v) is 8.23. The van der Waals surface area contributed by atoms with E-state index in [1.54, 1.807) is 0 Å². The molecule has 0 aliphatic carbocycles. The van der Waals surface area contributed by atoms with Crippen molar-refractivity contribution in [3.05, 3.63) is 52.8 Å². The van der Waals surface area contributed by atoms with Crippen molar-refractivity contribution in [3.63, 3.8) is 0 Å². The number of nitrogens with zero attached hydrogens (tertiary/aromatic N) is 1. The first-order chi connectivity index (χ1) is 14.1. The minimum absolute atomic E-state index is 0.133. The molecule has 1 N–H and O–H groups in total. The molecular formula is C17H7F8NO4S. The summed E-state index contributed by atoms with van der Waals surface area (Å²) < 4.78 is 139. The van der Waals surface area contributed by atoms with Gasteiger partial charge in [0.05, 0.1) is 22.1 Å². The van der Waals surface area contributed by atoms with Crippen LogP contribution in [0.15, 0.2) is 35.2 Å². The highest BCUT2D eigenvalue weighted by atomic mass is 32.2. The van der Waals surface area contributed by atoms with Gasteiger partial charge in [-0.05, 0) is 24.3 Å². The SMILES string of the molecule is N#Cc1cc(F)cc(Oc2ccc3c(c2C(F)F)C(O)(C(F)(F)F)C(F)(F)S3(=O)=O)c1. The molecule has 0 fully saturated rings. The number of aliphatic hydroxyl groups is 1. The molecule has 14 heteroatoms. The molecule has 3 rings (SSSR count). The van der Waals surface area contributed by atoms with E-state index in [1.165, 1.54) is 6.07 Å². The lowest BCUT2D eigenvalue weighted by Crippen LogP contribution is -2.55. The first-order valence-electron chi connectivity index (χ1n) is 7.85. The maximum absolute atomic E-state index is 14.3. The molecule has 1 heterocycles. The molecule has 0 aromatic heterocycles. The number of halogens is 8. The fourth-order valence-electron chi connectivity index (χ4n) is 3.08. The first-order valence-corrected chi connectivity index (χ1v) is 9.33. The second-order valence-electron chi connectivity index (χ2n) is 6.27. The Labute approximate surface area is 168 Å². The van der Waals surface area contributed by atoms with Crippen LogP contribution in [-0.4, -0.2) is 25.0 Å². The number of nitriles is 1. The monoisotopic (exact) mass is 473 g/mol. The van der Waals surface area contributed by atoms with E-state index in [2.05, 4.69) is 0 Å². The van der Waals surface area contributed by atoms with E-state index in [0.717, 1.165) is 6.07 Å². The molecule has 1 aliphatic rings. The zero-order valence-corrected chi connectivity index (χ0v) is 15.3. The molecule has 166 valence electrons. The zero-order valence-electron chi connectivity index (χ0n) is 14.5. The molecule has 1 aliphatic heterocycles. The van der Waals surface area contributed by atoms with Gasteiger partial charge in [0.15, 0.2) is 0 Å². The molecule has 0 amide bonds. The molecule has 0 bridgehead atoms. The quantitative estimate of drug-likeness (QED) is 0.661. The topological polar surface area (TPSA) is 87.4 Å². The van der Waals surface area contributed by atoms with E-state index < -0.39 is 66.6 Å². The van der Waals surface area contributed by atoms with E-state index in [1.807, 2.05) is 0 Å². The summed E-state index contributed by atoms with van der Waals surface area (Å²) >= 11 is 0. The van der Waals surface area contributed by atoms with Crippen molar-refractivity contribution in [2.75, 3.05) is 0 Å². The van der Waals surface area contributed by atoms with Crippen LogP contribution < -0.4 is 4.74 Å². The Kier molecular flexibility index (Phi) is 4.99. The van der Waals surface area contributed by atoms with Crippen LogP contribution in [0.2, 0.25) is 0 Å². The van der Waals surface area contributed by atoms with E-state index in [-0.39, 0.29) is 11.6 Å². The van der Waals surface area contributed by atoms with Crippen LogP contribution in [0, 0.1) is 17.1 Å². The van der Waals surface area contributed by atoms with Crippen molar-refractivity contribution in [1.82, 2.24) is 0 Å². The molecule has 2 aromatic rings. The maximum atomic E-state index is 14.3. The summed E-state index contributed by atoms with van der Waals surface area (Å²) in [6, 6.07) is 4.03. The summed E-state index contributed by atoms with van der Waals surface area (Å²) in [6.45, 7) is 0. The van der Waals surface area contributed by atoms with Crippen LogP contribution in [0.25, 0.3) is 0 Å². The smallest absolute Gasteiger partial charge is 0.428 e. The first kappa shape index (κ1) is 22.8. The zero-order chi connectivity index (χ0) is 23.6. The van der Waals surface area contributed by atoms with Crippen LogP contribution in [-0.2, 0) is 15.4 Å².